The molecule has 2 aromatic carbocycles. The second kappa shape index (κ2) is 11.1. The maximum atomic E-state index is 15.1. The Morgan fingerprint density at radius 1 is 1.22 bits per heavy atom. The smallest absolute Gasteiger partial charge is 0.213 e. The molecule has 8 heteroatoms. The van der Waals surface area contributed by atoms with Crippen molar-refractivity contribution in [2.24, 2.45) is 11.3 Å². The fourth-order valence-corrected chi connectivity index (χ4v) is 6.44. The summed E-state index contributed by atoms with van der Waals surface area (Å²) >= 11 is 0. The molecule has 0 bridgehead atoms. The number of rotatable bonds is 8. The summed E-state index contributed by atoms with van der Waals surface area (Å²) in [7, 11) is 1.53. The number of carboxylic acids is 1. The summed E-state index contributed by atoms with van der Waals surface area (Å²) in [4.78, 5) is 17.8. The van der Waals surface area contributed by atoms with Crippen LogP contribution < -0.4 is 14.6 Å². The maximum absolute atomic E-state index is 15.1. The predicted octanol–water partition coefficient (Wildman–Crippen LogP) is 4.76. The van der Waals surface area contributed by atoms with E-state index in [-0.39, 0.29) is 6.10 Å². The van der Waals surface area contributed by atoms with Gasteiger partial charge in [-0.3, -0.25) is 4.90 Å². The molecule has 0 amide bonds. The van der Waals surface area contributed by atoms with Gasteiger partial charge in [0.15, 0.2) is 0 Å². The van der Waals surface area contributed by atoms with Gasteiger partial charge in [0.05, 0.1) is 19.4 Å². The minimum atomic E-state index is -1.30. The molecule has 1 N–H and O–H groups in total. The van der Waals surface area contributed by atoms with E-state index in [9.17, 15) is 15.0 Å². The summed E-state index contributed by atoms with van der Waals surface area (Å²) in [6.07, 6.45) is 6.41. The zero-order valence-corrected chi connectivity index (χ0v) is 23.6. The molecule has 7 nitrogen and oxygen atoms in total. The molecular weight excluding hydrogens is 523 g/mol. The first-order valence-electron chi connectivity index (χ1n) is 14.5. The number of aliphatic hydroxyl groups excluding tert-OH is 1. The number of aromatic nitrogens is 1. The van der Waals surface area contributed by atoms with Gasteiger partial charge in [-0.05, 0) is 84.4 Å². The van der Waals surface area contributed by atoms with E-state index in [0.29, 0.717) is 28.2 Å². The molecule has 41 heavy (non-hydrogen) atoms. The van der Waals surface area contributed by atoms with Gasteiger partial charge in [0.25, 0.3) is 0 Å². The predicted molar refractivity (Wildman–Crippen MR) is 150 cm³/mol. The van der Waals surface area contributed by atoms with Crippen molar-refractivity contribution in [3.05, 3.63) is 76.7 Å². The van der Waals surface area contributed by atoms with Crippen LogP contribution in [0.15, 0.2) is 48.7 Å². The zero-order chi connectivity index (χ0) is 28.7. The average molecular weight is 560 g/mol. The Hall–Kier alpha value is -3.49. The Balaban J connectivity index is 1.31. The fraction of sp³-hybridized carbons (Fsp3) is 0.455. The van der Waals surface area contributed by atoms with Crippen LogP contribution >= 0.6 is 0 Å². The topological polar surface area (TPSA) is 95.0 Å². The number of halogens is 1. The summed E-state index contributed by atoms with van der Waals surface area (Å²) < 4.78 is 26.8. The summed E-state index contributed by atoms with van der Waals surface area (Å²) in [5, 5.41) is 21.9. The highest BCUT2D eigenvalue weighted by Gasteiger charge is 2.45. The summed E-state index contributed by atoms with van der Waals surface area (Å²) in [6, 6.07) is 13.1. The summed E-state index contributed by atoms with van der Waals surface area (Å²) in [5.74, 6) is -1.72. The lowest BCUT2D eigenvalue weighted by Crippen LogP contribution is -2.36. The van der Waals surface area contributed by atoms with Crippen molar-refractivity contribution in [2.45, 2.75) is 64.2 Å². The first kappa shape index (κ1) is 27.7. The summed E-state index contributed by atoms with van der Waals surface area (Å²) in [5.41, 5.74) is 5.29. The van der Waals surface area contributed by atoms with Gasteiger partial charge in [-0.1, -0.05) is 37.3 Å². The number of carbonyl (C=O) groups is 1. The second-order valence-corrected chi connectivity index (χ2v) is 12.0. The first-order valence-corrected chi connectivity index (χ1v) is 14.5. The number of methoxy groups -OCH3 is 1. The number of likely N-dealkylation sites (tertiary alicyclic amines) is 1. The van der Waals surface area contributed by atoms with E-state index in [1.54, 1.807) is 18.2 Å². The molecular formula is C33H36FN2O5-. The van der Waals surface area contributed by atoms with Gasteiger partial charge in [-0.25, -0.2) is 9.37 Å². The van der Waals surface area contributed by atoms with Crippen molar-refractivity contribution >= 4 is 5.97 Å². The molecule has 3 atom stereocenters. The molecule has 3 aliphatic rings. The highest BCUT2D eigenvalue weighted by Crippen LogP contribution is 2.52. The number of aliphatic carboxylic acids is 1. The highest BCUT2D eigenvalue weighted by atomic mass is 19.1. The molecule has 1 saturated heterocycles. The Labute approximate surface area is 239 Å². The molecule has 1 aromatic heterocycles. The van der Waals surface area contributed by atoms with Crippen molar-refractivity contribution in [1.82, 2.24) is 9.88 Å². The van der Waals surface area contributed by atoms with Crippen LogP contribution in [0.25, 0.3) is 11.1 Å². The first-order chi connectivity index (χ1) is 19.7. The quantitative estimate of drug-likeness (QED) is 0.425. The highest BCUT2D eigenvalue weighted by molar-refractivity contribution is 5.69. The minimum Gasteiger partial charge on any atom is -0.550 e. The molecule has 3 heterocycles. The minimum absolute atomic E-state index is 0.228. The largest absolute Gasteiger partial charge is 0.550 e. The van der Waals surface area contributed by atoms with Gasteiger partial charge < -0.3 is 24.5 Å². The molecule has 1 spiro atoms. The van der Waals surface area contributed by atoms with E-state index < -0.39 is 23.8 Å². The Kier molecular flexibility index (Phi) is 7.47. The zero-order valence-electron chi connectivity index (χ0n) is 23.6. The lowest BCUT2D eigenvalue weighted by atomic mass is 9.90. The van der Waals surface area contributed by atoms with Gasteiger partial charge >= 0.3 is 0 Å². The lowest BCUT2D eigenvalue weighted by Gasteiger charge is -2.34. The number of carboxylic acid groups (broad SMARTS) is 1. The molecule has 3 aromatic rings. The van der Waals surface area contributed by atoms with E-state index in [1.807, 2.05) is 18.2 Å². The normalized spacial score (nSPS) is 21.0. The van der Waals surface area contributed by atoms with Crippen LogP contribution in [-0.4, -0.2) is 41.2 Å². The molecule has 216 valence electrons. The van der Waals surface area contributed by atoms with Gasteiger partial charge in [0.1, 0.15) is 17.7 Å². The number of aliphatic hydroxyl groups is 1. The molecule has 6 rings (SSSR count). The van der Waals surface area contributed by atoms with Crippen molar-refractivity contribution in [3.8, 4) is 22.8 Å². The van der Waals surface area contributed by atoms with E-state index in [0.717, 1.165) is 54.7 Å². The van der Waals surface area contributed by atoms with E-state index >= 15 is 4.39 Å². The Morgan fingerprint density at radius 3 is 2.80 bits per heavy atom. The van der Waals surface area contributed by atoms with Crippen molar-refractivity contribution in [2.75, 3.05) is 20.2 Å². The third kappa shape index (κ3) is 5.68. The number of pyridine rings is 1. The van der Waals surface area contributed by atoms with Crippen LogP contribution in [0.1, 0.15) is 73.5 Å². The van der Waals surface area contributed by atoms with E-state index in [4.69, 9.17) is 9.47 Å². The number of hydrogen-bond donors (Lipinski definition) is 1. The van der Waals surface area contributed by atoms with Crippen LogP contribution in [0.4, 0.5) is 4.39 Å². The molecule has 2 aliphatic heterocycles. The standard InChI is InChI=1S/C33H37FN2O5/c1-20(32(38)39)31(37)23-5-4-21-7-9-28(41-29(21)15-23)22-6-8-25(26-16-30(40-2)35-17-27(26)34)24(14-22)18-36-13-3-10-33(19-36)11-12-33/h4-6,8,14-17,20,28,31,37H,3,7,9-13,18-19H2,1-2H3,(H,38,39)/p-1/t20-,28?,31+/m0/s1. The Morgan fingerprint density at radius 2 is 2.05 bits per heavy atom. The van der Waals surface area contributed by atoms with Crippen LogP contribution in [0.2, 0.25) is 0 Å². The van der Waals surface area contributed by atoms with Crippen molar-refractivity contribution < 1.29 is 28.9 Å². The third-order valence-electron chi connectivity index (χ3n) is 9.15. The number of benzene rings is 2. The molecule has 0 radical (unpaired) electrons. The second-order valence-electron chi connectivity index (χ2n) is 12.0. The van der Waals surface area contributed by atoms with Gasteiger partial charge in [0, 0.05) is 36.6 Å². The number of carbonyl (C=O) groups excluding carboxylic acids is 1. The summed E-state index contributed by atoms with van der Waals surface area (Å²) in [6.45, 7) is 4.24. The SMILES string of the molecule is COc1cc(-c2ccc(C3CCc4ccc([C@H](O)[C@H](C)C(=O)[O-])cc4O3)cc2CN2CCCC3(CC3)C2)c(F)cn1. The number of aryl methyl sites for hydroxylation is 1. The molecule has 1 unspecified atom stereocenters. The van der Waals surface area contributed by atoms with Crippen LogP contribution in [-0.2, 0) is 17.8 Å². The Bertz CT molecular complexity index is 1460. The monoisotopic (exact) mass is 559 g/mol. The van der Waals surface area contributed by atoms with Crippen LogP contribution in [0, 0.1) is 17.2 Å². The van der Waals surface area contributed by atoms with E-state index in [1.165, 1.54) is 45.9 Å². The van der Waals surface area contributed by atoms with Crippen LogP contribution in [0.5, 0.6) is 11.6 Å². The number of fused-ring (bicyclic) bond motifs is 1. The maximum Gasteiger partial charge on any atom is 0.213 e. The van der Waals surface area contributed by atoms with Crippen molar-refractivity contribution in [1.29, 1.82) is 0 Å². The molecule has 1 saturated carbocycles. The number of nitrogens with zero attached hydrogens (tertiary/aromatic N) is 2. The van der Waals surface area contributed by atoms with Gasteiger partial charge in [-0.2, -0.15) is 0 Å². The van der Waals surface area contributed by atoms with Gasteiger partial charge in [0.2, 0.25) is 5.88 Å². The van der Waals surface area contributed by atoms with Gasteiger partial charge in [-0.15, -0.1) is 0 Å². The lowest BCUT2D eigenvalue weighted by molar-refractivity contribution is -0.313. The van der Waals surface area contributed by atoms with E-state index in [2.05, 4.69) is 16.0 Å². The molecule has 1 aliphatic carbocycles. The van der Waals surface area contributed by atoms with Crippen molar-refractivity contribution in [3.63, 3.8) is 0 Å². The third-order valence-corrected chi connectivity index (χ3v) is 9.15. The average Bonchev–Trinajstić information content (AvgIpc) is 3.73. The number of ether oxygens (including phenoxy) is 2. The fourth-order valence-electron chi connectivity index (χ4n) is 6.44. The van der Waals surface area contributed by atoms with Crippen LogP contribution in [0.3, 0.4) is 0 Å². The number of piperidine rings is 1. The molecule has 2 fully saturated rings. The number of hydrogen-bond acceptors (Lipinski definition) is 7.